The van der Waals surface area contributed by atoms with Gasteiger partial charge >= 0.3 is 0 Å². The van der Waals surface area contributed by atoms with Gasteiger partial charge in [-0.15, -0.1) is 0 Å². The van der Waals surface area contributed by atoms with Crippen molar-refractivity contribution in [3.05, 3.63) is 29.8 Å². The van der Waals surface area contributed by atoms with Crippen molar-refractivity contribution in [1.29, 1.82) is 5.26 Å². The number of benzene rings is 1. The van der Waals surface area contributed by atoms with Crippen molar-refractivity contribution in [2.24, 2.45) is 5.92 Å². The molecule has 140 valence electrons. The van der Waals surface area contributed by atoms with Crippen LogP contribution in [-0.4, -0.2) is 49.7 Å². The fourth-order valence-electron chi connectivity index (χ4n) is 4.18. The zero-order chi connectivity index (χ0) is 18.7. The third-order valence-electron chi connectivity index (χ3n) is 5.61. The van der Waals surface area contributed by atoms with Crippen LogP contribution in [0, 0.1) is 17.2 Å². The van der Waals surface area contributed by atoms with Crippen LogP contribution in [0.5, 0.6) is 0 Å². The van der Waals surface area contributed by atoms with Gasteiger partial charge in [0, 0.05) is 19.6 Å². The van der Waals surface area contributed by atoms with Gasteiger partial charge in [-0.2, -0.15) is 9.57 Å². The molecule has 2 unspecified atom stereocenters. The summed E-state index contributed by atoms with van der Waals surface area (Å²) in [6, 6.07) is 8.00. The molecule has 1 aliphatic heterocycles. The molecule has 2 fully saturated rings. The van der Waals surface area contributed by atoms with Crippen LogP contribution in [0.2, 0.25) is 0 Å². The summed E-state index contributed by atoms with van der Waals surface area (Å²) in [6.45, 7) is 0.580. The van der Waals surface area contributed by atoms with E-state index in [0.29, 0.717) is 11.5 Å². The number of carbonyl (C=O) groups is 1. The van der Waals surface area contributed by atoms with E-state index in [0.717, 1.165) is 30.1 Å². The van der Waals surface area contributed by atoms with E-state index in [2.05, 4.69) is 0 Å². The smallest absolute Gasteiger partial charge is 0.243 e. The Labute approximate surface area is 155 Å². The Kier molecular flexibility index (Phi) is 5.64. The van der Waals surface area contributed by atoms with Gasteiger partial charge in [-0.3, -0.25) is 4.79 Å². The zero-order valence-corrected chi connectivity index (χ0v) is 15.9. The number of nitrogens with zero attached hydrogens (tertiary/aromatic N) is 3. The Morgan fingerprint density at radius 1 is 1.19 bits per heavy atom. The van der Waals surface area contributed by atoms with Crippen LogP contribution >= 0.6 is 0 Å². The number of piperidine rings is 1. The third kappa shape index (κ3) is 3.76. The van der Waals surface area contributed by atoms with Crippen LogP contribution in [0.4, 0.5) is 0 Å². The summed E-state index contributed by atoms with van der Waals surface area (Å²) < 4.78 is 26.5. The number of hydrogen-bond donors (Lipinski definition) is 0. The molecule has 0 radical (unpaired) electrons. The summed E-state index contributed by atoms with van der Waals surface area (Å²) in [5, 5.41) is 8.84. The van der Waals surface area contributed by atoms with Gasteiger partial charge in [0.15, 0.2) is 0 Å². The highest BCUT2D eigenvalue weighted by molar-refractivity contribution is 7.89. The molecule has 0 bridgehead atoms. The zero-order valence-electron chi connectivity index (χ0n) is 15.1. The van der Waals surface area contributed by atoms with E-state index < -0.39 is 10.0 Å². The molecule has 26 heavy (non-hydrogen) atoms. The molecular weight excluding hydrogens is 350 g/mol. The van der Waals surface area contributed by atoms with Gasteiger partial charge < -0.3 is 4.90 Å². The fourth-order valence-corrected chi connectivity index (χ4v) is 5.30. The van der Waals surface area contributed by atoms with Gasteiger partial charge in [-0.25, -0.2) is 8.42 Å². The van der Waals surface area contributed by atoms with Crippen molar-refractivity contribution in [1.82, 2.24) is 9.21 Å². The number of fused-ring (bicyclic) bond motifs is 1. The number of sulfonamides is 1. The molecule has 7 heteroatoms. The van der Waals surface area contributed by atoms with Gasteiger partial charge in [0.25, 0.3) is 0 Å². The number of nitriles is 1. The van der Waals surface area contributed by atoms with E-state index in [4.69, 9.17) is 5.26 Å². The van der Waals surface area contributed by atoms with Crippen molar-refractivity contribution in [2.75, 3.05) is 20.1 Å². The molecule has 1 aromatic carbocycles. The topological polar surface area (TPSA) is 81.5 Å². The average Bonchev–Trinajstić information content (AvgIpc) is 2.67. The lowest BCUT2D eigenvalue weighted by molar-refractivity contribution is -0.137. The molecule has 1 saturated heterocycles. The van der Waals surface area contributed by atoms with Gasteiger partial charge in [-0.05, 0) is 55.9 Å². The predicted octanol–water partition coefficient (Wildman–Crippen LogP) is 2.36. The van der Waals surface area contributed by atoms with E-state index in [-0.39, 0.29) is 23.4 Å². The van der Waals surface area contributed by atoms with Crippen molar-refractivity contribution < 1.29 is 13.2 Å². The van der Waals surface area contributed by atoms with Crippen molar-refractivity contribution in [3.63, 3.8) is 0 Å². The van der Waals surface area contributed by atoms with Gasteiger partial charge in [-0.1, -0.05) is 12.8 Å². The standard InChI is InChI=1S/C19H25N3O3S/c1-21(26(24,25)17-10-8-15(13-20)9-11-17)14-19(23)22-12-4-6-16-5-2-3-7-18(16)22/h8-11,16,18H,2-7,12,14H2,1H3. The maximum absolute atomic E-state index is 12.8. The Bertz CT molecular complexity index is 796. The lowest BCUT2D eigenvalue weighted by atomic mass is 9.78. The van der Waals surface area contributed by atoms with E-state index in [1.165, 1.54) is 50.6 Å². The summed E-state index contributed by atoms with van der Waals surface area (Å²) in [6.07, 6.45) is 6.75. The highest BCUT2D eigenvalue weighted by Gasteiger charge is 2.36. The second-order valence-electron chi connectivity index (χ2n) is 7.24. The van der Waals surface area contributed by atoms with Crippen molar-refractivity contribution in [2.45, 2.75) is 49.5 Å². The number of rotatable bonds is 4. The van der Waals surface area contributed by atoms with Crippen LogP contribution in [0.25, 0.3) is 0 Å². The lowest BCUT2D eigenvalue weighted by Gasteiger charge is -2.44. The SMILES string of the molecule is CN(CC(=O)N1CCCC2CCCCC21)S(=O)(=O)c1ccc(C#N)cc1. The second kappa shape index (κ2) is 7.77. The Morgan fingerprint density at radius 2 is 1.85 bits per heavy atom. The molecular formula is C19H25N3O3S. The first-order chi connectivity index (χ1) is 12.4. The summed E-state index contributed by atoms with van der Waals surface area (Å²) in [5.41, 5.74) is 0.402. The Balaban J connectivity index is 1.70. The highest BCUT2D eigenvalue weighted by atomic mass is 32.2. The average molecular weight is 375 g/mol. The van der Waals surface area contributed by atoms with E-state index >= 15 is 0 Å². The number of hydrogen-bond acceptors (Lipinski definition) is 4. The molecule has 0 aromatic heterocycles. The Hall–Kier alpha value is -1.91. The minimum atomic E-state index is -3.75. The van der Waals surface area contributed by atoms with Gasteiger partial charge in [0.2, 0.25) is 15.9 Å². The maximum atomic E-state index is 12.8. The molecule has 3 rings (SSSR count). The molecule has 0 spiro atoms. The van der Waals surface area contributed by atoms with E-state index in [1.807, 2.05) is 11.0 Å². The summed E-state index contributed by atoms with van der Waals surface area (Å²) >= 11 is 0. The molecule has 1 aromatic rings. The number of carbonyl (C=O) groups excluding carboxylic acids is 1. The minimum Gasteiger partial charge on any atom is -0.338 e. The van der Waals surface area contributed by atoms with Crippen LogP contribution in [0.3, 0.4) is 0 Å². The first-order valence-electron chi connectivity index (χ1n) is 9.19. The number of amides is 1. The van der Waals surface area contributed by atoms with Gasteiger partial charge in [0.05, 0.1) is 23.1 Å². The number of likely N-dealkylation sites (tertiary alicyclic amines) is 1. The first kappa shape index (κ1) is 18.9. The lowest BCUT2D eigenvalue weighted by Crippen LogP contribution is -2.52. The quantitative estimate of drug-likeness (QED) is 0.809. The normalized spacial score (nSPS) is 23.3. The molecule has 2 atom stereocenters. The maximum Gasteiger partial charge on any atom is 0.243 e. The largest absolute Gasteiger partial charge is 0.338 e. The van der Waals surface area contributed by atoms with Crippen molar-refractivity contribution >= 4 is 15.9 Å². The third-order valence-corrected chi connectivity index (χ3v) is 7.43. The van der Waals surface area contributed by atoms with Gasteiger partial charge in [0.1, 0.15) is 0 Å². The predicted molar refractivity (Wildman–Crippen MR) is 97.7 cm³/mol. The molecule has 1 saturated carbocycles. The summed E-state index contributed by atoms with van der Waals surface area (Å²) in [5.74, 6) is 0.461. The van der Waals surface area contributed by atoms with Crippen LogP contribution in [-0.2, 0) is 14.8 Å². The van der Waals surface area contributed by atoms with Crippen LogP contribution < -0.4 is 0 Å². The van der Waals surface area contributed by atoms with Crippen molar-refractivity contribution in [3.8, 4) is 6.07 Å². The number of likely N-dealkylation sites (N-methyl/N-ethyl adjacent to an activating group) is 1. The molecule has 0 N–H and O–H groups in total. The highest BCUT2D eigenvalue weighted by Crippen LogP contribution is 2.35. The molecule has 1 amide bonds. The second-order valence-corrected chi connectivity index (χ2v) is 9.28. The molecule has 2 aliphatic rings. The van der Waals surface area contributed by atoms with E-state index in [1.54, 1.807) is 0 Å². The molecule has 1 heterocycles. The monoisotopic (exact) mass is 375 g/mol. The minimum absolute atomic E-state index is 0.0981. The summed E-state index contributed by atoms with van der Waals surface area (Å²) in [4.78, 5) is 14.8. The summed E-state index contributed by atoms with van der Waals surface area (Å²) in [7, 11) is -2.31. The first-order valence-corrected chi connectivity index (χ1v) is 10.6. The van der Waals surface area contributed by atoms with E-state index in [9.17, 15) is 13.2 Å². The van der Waals surface area contributed by atoms with Crippen LogP contribution in [0.15, 0.2) is 29.2 Å². The Morgan fingerprint density at radius 3 is 2.54 bits per heavy atom. The molecule has 1 aliphatic carbocycles. The molecule has 6 nitrogen and oxygen atoms in total. The van der Waals surface area contributed by atoms with Crippen LogP contribution in [0.1, 0.15) is 44.1 Å². The fraction of sp³-hybridized carbons (Fsp3) is 0.579.